The van der Waals surface area contributed by atoms with Gasteiger partial charge < -0.3 is 0 Å². The van der Waals surface area contributed by atoms with Crippen molar-refractivity contribution in [3.8, 4) is 0 Å². The van der Waals surface area contributed by atoms with Crippen molar-refractivity contribution >= 4 is 0 Å². The van der Waals surface area contributed by atoms with E-state index in [4.69, 9.17) is 45.2 Å². The second-order valence-corrected chi connectivity index (χ2v) is 22.2. The Morgan fingerprint density at radius 2 is 0.985 bits per heavy atom. The molecule has 0 spiro atoms. The van der Waals surface area contributed by atoms with E-state index in [0.29, 0.717) is 6.92 Å². The minimum absolute atomic E-state index is 0.160. The Kier molecular flexibility index (Phi) is 18.7. The molecule has 66 heavy (non-hydrogen) atoms. The quantitative estimate of drug-likeness (QED) is 0.249. The maximum absolute atomic E-state index is 7.39. The summed E-state index contributed by atoms with van der Waals surface area (Å²) in [6.45, 7) is -4.00. The van der Waals surface area contributed by atoms with Crippen molar-refractivity contribution in [2.75, 3.05) is 0 Å². The highest BCUT2D eigenvalue weighted by Crippen LogP contribution is 2.56. The lowest BCUT2D eigenvalue weighted by Crippen LogP contribution is -2.43. The molecule has 6 bridgehead atoms. The fourth-order valence-electron chi connectivity index (χ4n) is 11.2. The summed E-state index contributed by atoms with van der Waals surface area (Å²) in [5.41, 5.74) is -3.42. The molecule has 9 rings (SSSR count). The Bertz CT molecular complexity index is 1970. The zero-order chi connectivity index (χ0) is 78.6. The van der Waals surface area contributed by atoms with Gasteiger partial charge in [-0.25, -0.2) is 0 Å². The minimum atomic E-state index is -3.48. The molecular weight excluding hydrogens is 793 g/mol. The molecular formula is C66H136. The van der Waals surface area contributed by atoms with Crippen LogP contribution in [0, 0.1) is 94.1 Å². The smallest absolute Gasteiger partial charge is 0.0297 e. The largest absolute Gasteiger partial charge is 0.0654 e. The first-order chi connectivity index (χ1) is 44.2. The average molecular weight is 963 g/mol. The van der Waals surface area contributed by atoms with Gasteiger partial charge in [-0.3, -0.25) is 0 Å². The Balaban J connectivity index is 0. The van der Waals surface area contributed by atoms with Crippen LogP contribution < -0.4 is 0 Å². The minimum Gasteiger partial charge on any atom is -0.0654 e. The number of hydrogen-bond donors (Lipinski definition) is 0. The number of hydrogen-bond acceptors (Lipinski definition) is 0. The second kappa shape index (κ2) is 41.6. The lowest BCUT2D eigenvalue weighted by Gasteiger charge is -2.53. The molecule has 9 aliphatic rings. The van der Waals surface area contributed by atoms with Crippen molar-refractivity contribution in [1.82, 2.24) is 0 Å². The second-order valence-electron chi connectivity index (χ2n) is 22.2. The summed E-state index contributed by atoms with van der Waals surface area (Å²) in [7, 11) is 0. The summed E-state index contributed by atoms with van der Waals surface area (Å²) in [6, 6.07) is 0. The van der Waals surface area contributed by atoms with Crippen molar-refractivity contribution in [2.45, 2.75) is 331 Å². The van der Waals surface area contributed by atoms with Gasteiger partial charge in [0.1, 0.15) is 0 Å². The van der Waals surface area contributed by atoms with Gasteiger partial charge >= 0.3 is 0 Å². The molecule has 0 aromatic heterocycles. The summed E-state index contributed by atoms with van der Waals surface area (Å²) in [4.78, 5) is 0. The topological polar surface area (TPSA) is 0 Å². The van der Waals surface area contributed by atoms with E-state index >= 15 is 0 Å². The zero-order valence-corrected chi connectivity index (χ0v) is 45.6. The molecule has 400 valence electrons. The van der Waals surface area contributed by atoms with Crippen LogP contribution in [0.5, 0.6) is 0 Å². The van der Waals surface area contributed by atoms with E-state index in [9.17, 15) is 0 Å². The molecule has 9 fully saturated rings. The maximum atomic E-state index is 7.39. The standard InChI is InChI=1S/C11H18.C8H14.2C7H14.C6H12.2C6H14.3C5H12/c1-7-10-3-8-2-9(5-10)6-11(7)4-8;1-6-4-7-2-3-8(6)5-7;1-7-5-3-2-4-6-7;1-2-7-5-3-4-6-7;1-6-4-2-3-5-6;1-5-6(2,3)4;1-4-5-6(2)3;3*1-4-5(2)3/h7-11H,2-6H2,1H3;6-8H,2-5H2,1H3;2*7H,2-6H2,1H3;6H,2-5H2,1H3;5H2,1-4H3;6H,4-5H2,1-3H3;3*5H,4H2,1-3H3/i;;;;;2D3,3D3,4D3,5D2;;2D3,3D3,4D2,5D;2D3,3D3,5D;2D3,3D3. The van der Waals surface area contributed by atoms with E-state index in [1.54, 1.807) is 64.7 Å². The Morgan fingerprint density at radius 3 is 1.15 bits per heavy atom. The van der Waals surface area contributed by atoms with Crippen LogP contribution in [0.3, 0.4) is 0 Å². The third-order valence-corrected chi connectivity index (χ3v) is 15.6. The Morgan fingerprint density at radius 1 is 0.500 bits per heavy atom. The molecule has 9 saturated carbocycles. The predicted molar refractivity (Wildman–Crippen MR) is 308 cm³/mol. The molecule has 3 unspecified atom stereocenters. The lowest BCUT2D eigenvalue weighted by molar-refractivity contribution is -0.0282. The third kappa shape index (κ3) is 38.7. The highest BCUT2D eigenvalue weighted by atomic mass is 14.5. The third-order valence-electron chi connectivity index (χ3n) is 15.6. The molecule has 0 N–H and O–H groups in total. The summed E-state index contributed by atoms with van der Waals surface area (Å²) < 4.78 is 233. The molecule has 0 heterocycles. The Labute approximate surface area is 470 Å². The summed E-state index contributed by atoms with van der Waals surface area (Å²) in [6.07, 6.45) is 32.1. The van der Waals surface area contributed by atoms with Gasteiger partial charge in [-0.2, -0.15) is 0 Å². The molecule has 9 aliphatic carbocycles. The SMILES string of the molecule is CC1C2CC3CC(C2)CC1C3.CC1CC2CCC1C2.CC1CCCC1.CC1CCCCC1.CCC1CCCC1.CCCC(C)C.[2H]C([2H])([2H])C(C([2H])([2H])[2H])(C([2H])([2H])[2H])C([2H])([2H])C.[2H]C([2H])([2H])C(CC)C([2H])([2H])[2H].[2H]C([2H])([2H])C([2H])(C([2H])([2H])[2H])C([2H])([2H])C.[2H]C([2H])([2H])C([2H])(CC)C([2H])([2H])[2H]. The van der Waals surface area contributed by atoms with Crippen LogP contribution in [-0.2, 0) is 0 Å². The fourth-order valence-corrected chi connectivity index (χ4v) is 11.2. The van der Waals surface area contributed by atoms with Gasteiger partial charge in [0.15, 0.2) is 0 Å². The zero-order valence-electron chi connectivity index (χ0n) is 78.6. The van der Waals surface area contributed by atoms with Gasteiger partial charge in [-0.15, -0.1) is 0 Å². The molecule has 0 amide bonds. The van der Waals surface area contributed by atoms with Crippen molar-refractivity contribution in [1.29, 1.82) is 0 Å². The Hall–Kier alpha value is 0. The van der Waals surface area contributed by atoms with Crippen LogP contribution in [0.4, 0.5) is 0 Å². The van der Waals surface area contributed by atoms with Gasteiger partial charge in [-0.05, 0) is 146 Å². The fraction of sp³-hybridized carbons (Fsp3) is 1.00. The molecule has 0 aromatic carbocycles. The van der Waals surface area contributed by atoms with Gasteiger partial charge in [0.2, 0.25) is 0 Å². The summed E-state index contributed by atoms with van der Waals surface area (Å²) in [5.74, 6) is 6.52. The van der Waals surface area contributed by atoms with Crippen molar-refractivity contribution in [3.05, 3.63) is 0 Å². The molecule has 0 aliphatic heterocycles. The molecule has 3 atom stereocenters. The van der Waals surface area contributed by atoms with Crippen molar-refractivity contribution in [3.63, 3.8) is 0 Å². The van der Waals surface area contributed by atoms with Gasteiger partial charge in [0, 0.05) is 45.2 Å². The highest BCUT2D eigenvalue weighted by Gasteiger charge is 2.46. The number of rotatable bonds is 6. The van der Waals surface area contributed by atoms with E-state index in [0.717, 1.165) is 77.9 Å². The molecule has 0 radical (unpaired) electrons. The first-order valence-corrected chi connectivity index (χ1v) is 27.7. The van der Waals surface area contributed by atoms with E-state index in [1.807, 2.05) is 0 Å². The van der Waals surface area contributed by atoms with E-state index in [-0.39, 0.29) is 12.8 Å². The normalized spacial score (nSPS) is 38.0. The van der Waals surface area contributed by atoms with Gasteiger partial charge in [0.05, 0.1) is 0 Å². The van der Waals surface area contributed by atoms with E-state index in [1.165, 1.54) is 110 Å². The van der Waals surface area contributed by atoms with Crippen LogP contribution in [0.25, 0.3) is 0 Å². The highest BCUT2D eigenvalue weighted by molar-refractivity contribution is 4.96. The molecule has 0 heteroatoms. The summed E-state index contributed by atoms with van der Waals surface area (Å²) >= 11 is 0. The lowest BCUT2D eigenvalue weighted by atomic mass is 9.52. The van der Waals surface area contributed by atoms with Gasteiger partial charge in [-0.1, -0.05) is 279 Å². The van der Waals surface area contributed by atoms with Gasteiger partial charge in [0.25, 0.3) is 0 Å². The van der Waals surface area contributed by atoms with E-state index in [2.05, 4.69) is 55.4 Å². The van der Waals surface area contributed by atoms with Crippen LogP contribution in [0.15, 0.2) is 0 Å². The monoisotopic (exact) mass is 962 g/mol. The van der Waals surface area contributed by atoms with Crippen LogP contribution >= 0.6 is 0 Å². The first-order valence-electron chi connectivity index (χ1n) is 44.2. The molecule has 0 saturated heterocycles. The van der Waals surface area contributed by atoms with E-state index < -0.39 is 97.5 Å². The first kappa shape index (κ1) is 29.6. The maximum Gasteiger partial charge on any atom is 0.0297 e. The van der Waals surface area contributed by atoms with Crippen molar-refractivity contribution in [2.24, 2.45) is 94.1 Å². The van der Waals surface area contributed by atoms with Crippen LogP contribution in [-0.4, -0.2) is 0 Å². The molecule has 0 aromatic rings. The van der Waals surface area contributed by atoms with Crippen LogP contribution in [0.1, 0.15) is 376 Å². The van der Waals surface area contributed by atoms with Crippen molar-refractivity contribution < 1.29 is 45.2 Å². The van der Waals surface area contributed by atoms with Crippen LogP contribution in [0.2, 0.25) is 0 Å². The molecule has 0 nitrogen and oxygen atoms in total. The predicted octanol–water partition coefficient (Wildman–Crippen LogP) is 23.9. The average Bonchev–Trinajstić information content (AvgIpc) is 1.49. The number of fused-ring (bicyclic) bond motifs is 2. The summed E-state index contributed by atoms with van der Waals surface area (Å²) in [5, 5.41) is 0.